The van der Waals surface area contributed by atoms with Crippen molar-refractivity contribution in [2.24, 2.45) is 0 Å². The monoisotopic (exact) mass is 558 g/mol. The highest BCUT2D eigenvalue weighted by Gasteiger charge is 2.36. The highest BCUT2D eigenvalue weighted by molar-refractivity contribution is 7.90. The summed E-state index contributed by atoms with van der Waals surface area (Å²) in [5.74, 6) is -1.75. The first kappa shape index (κ1) is 25.9. The van der Waals surface area contributed by atoms with E-state index < -0.39 is 39.1 Å². The van der Waals surface area contributed by atoms with Gasteiger partial charge in [-0.25, -0.2) is 17.5 Å². The second-order valence-corrected chi connectivity index (χ2v) is 10.6. The molecule has 3 aromatic carbocycles. The molecule has 0 aliphatic rings. The second-order valence-electron chi connectivity index (χ2n) is 8.58. The van der Waals surface area contributed by atoms with E-state index in [0.29, 0.717) is 17.0 Å². The van der Waals surface area contributed by atoms with E-state index in [1.54, 1.807) is 6.07 Å². The maximum atomic E-state index is 15.1. The summed E-state index contributed by atoms with van der Waals surface area (Å²) in [6.07, 6.45) is -3.85. The number of H-pyrrole nitrogens is 1. The largest absolute Gasteiger partial charge is 0.435 e. The number of anilines is 2. The van der Waals surface area contributed by atoms with Gasteiger partial charge in [-0.3, -0.25) is 9.89 Å². The fourth-order valence-electron chi connectivity index (χ4n) is 4.05. The molecule has 0 aliphatic heterocycles. The number of carbonyl (C=O) groups excluding carboxylic acids is 1. The number of amides is 1. The van der Waals surface area contributed by atoms with Gasteiger partial charge in [0.1, 0.15) is 11.5 Å². The number of hydrogen-bond donors (Lipinski definition) is 3. The fourth-order valence-corrected chi connectivity index (χ4v) is 4.95. The van der Waals surface area contributed by atoms with Crippen LogP contribution in [0.3, 0.4) is 0 Å². The molecule has 39 heavy (non-hydrogen) atoms. The summed E-state index contributed by atoms with van der Waals surface area (Å²) in [4.78, 5) is 13.0. The molecule has 0 bridgehead atoms. The summed E-state index contributed by atoms with van der Waals surface area (Å²) < 4.78 is 80.6. The number of rotatable bonds is 5. The van der Waals surface area contributed by atoms with Crippen molar-refractivity contribution in [1.29, 1.82) is 0 Å². The van der Waals surface area contributed by atoms with Crippen LogP contribution in [0.15, 0.2) is 71.6 Å². The molecule has 14 heteroatoms. The molecule has 0 radical (unpaired) electrons. The van der Waals surface area contributed by atoms with Gasteiger partial charge in [0.15, 0.2) is 21.3 Å². The number of aromatic nitrogens is 4. The molecule has 1 amide bonds. The number of nitrogen functional groups attached to an aromatic ring is 1. The maximum Gasteiger partial charge on any atom is 0.435 e. The van der Waals surface area contributed by atoms with Crippen LogP contribution in [0.4, 0.5) is 29.1 Å². The van der Waals surface area contributed by atoms with E-state index in [-0.39, 0.29) is 33.2 Å². The lowest BCUT2D eigenvalue weighted by molar-refractivity contribution is -0.141. The predicted octanol–water partition coefficient (Wildman–Crippen LogP) is 4.81. The van der Waals surface area contributed by atoms with Crippen LogP contribution in [0.5, 0.6) is 0 Å². The van der Waals surface area contributed by atoms with Crippen LogP contribution in [0.1, 0.15) is 16.2 Å². The van der Waals surface area contributed by atoms with Crippen LogP contribution in [0.2, 0.25) is 0 Å². The molecule has 0 spiro atoms. The number of nitrogens with two attached hydrogens (primary N) is 1. The lowest BCUT2D eigenvalue weighted by atomic mass is 10.0. The van der Waals surface area contributed by atoms with Crippen LogP contribution >= 0.6 is 0 Å². The normalized spacial score (nSPS) is 12.1. The van der Waals surface area contributed by atoms with Gasteiger partial charge in [-0.2, -0.15) is 23.4 Å². The SMILES string of the molecule is CS(=O)(=O)c1ccccc1-c1ccc(NC(=O)c2cc(C(F)(F)F)nn2-c2ccc3[nH]nc(N)c3c2)cc1F. The van der Waals surface area contributed by atoms with Crippen LogP contribution in [0, 0.1) is 5.82 Å². The minimum Gasteiger partial charge on any atom is -0.382 e. The van der Waals surface area contributed by atoms with Gasteiger partial charge in [-0.05, 0) is 42.5 Å². The summed E-state index contributed by atoms with van der Waals surface area (Å²) >= 11 is 0. The lowest BCUT2D eigenvalue weighted by Gasteiger charge is -2.12. The van der Waals surface area contributed by atoms with Gasteiger partial charge in [0.2, 0.25) is 0 Å². The van der Waals surface area contributed by atoms with Crippen molar-refractivity contribution in [3.8, 4) is 16.8 Å². The number of aromatic amines is 1. The van der Waals surface area contributed by atoms with Crippen LogP contribution in [-0.2, 0) is 16.0 Å². The quantitative estimate of drug-likeness (QED) is 0.265. The average molecular weight is 559 g/mol. The lowest BCUT2D eigenvalue weighted by Crippen LogP contribution is -2.17. The Morgan fingerprint density at radius 3 is 2.46 bits per heavy atom. The molecule has 9 nitrogen and oxygen atoms in total. The third-order valence-electron chi connectivity index (χ3n) is 5.86. The topological polar surface area (TPSA) is 136 Å². The van der Waals surface area contributed by atoms with E-state index in [9.17, 15) is 26.4 Å². The Bertz CT molecular complexity index is 1860. The van der Waals surface area contributed by atoms with Gasteiger partial charge >= 0.3 is 6.18 Å². The Balaban J connectivity index is 1.51. The maximum absolute atomic E-state index is 15.1. The zero-order chi connectivity index (χ0) is 28.1. The highest BCUT2D eigenvalue weighted by Crippen LogP contribution is 2.33. The van der Waals surface area contributed by atoms with E-state index in [4.69, 9.17) is 5.73 Å². The molecule has 2 heterocycles. The number of fused-ring (bicyclic) bond motifs is 1. The standard InChI is InChI=1S/C25H18F4N6O3S/c1-39(37,38)21-5-3-2-4-16(21)15-8-6-13(10-18(15)26)31-24(36)20-12-22(25(27,28)29)34-35(20)14-7-9-19-17(11-14)23(30)33-32-19/h2-12H,1H3,(H,31,36)(H3,30,32,33). The van der Waals surface area contributed by atoms with Crippen LogP contribution < -0.4 is 11.1 Å². The summed E-state index contributed by atoms with van der Waals surface area (Å²) in [6, 6.07) is 14.3. The minimum absolute atomic E-state index is 0.0376. The minimum atomic E-state index is -4.85. The third-order valence-corrected chi connectivity index (χ3v) is 7.01. The summed E-state index contributed by atoms with van der Waals surface area (Å²) in [5, 5.41) is 12.9. The van der Waals surface area contributed by atoms with Gasteiger partial charge < -0.3 is 11.1 Å². The van der Waals surface area contributed by atoms with Crippen molar-refractivity contribution in [3.05, 3.63) is 83.9 Å². The average Bonchev–Trinajstić information content (AvgIpc) is 3.48. The Morgan fingerprint density at radius 1 is 1.03 bits per heavy atom. The molecular weight excluding hydrogens is 540 g/mol. The van der Waals surface area contributed by atoms with Crippen LogP contribution in [0.25, 0.3) is 27.7 Å². The first-order valence-corrected chi connectivity index (χ1v) is 13.0. The number of nitrogens with zero attached hydrogens (tertiary/aromatic N) is 3. The predicted molar refractivity (Wildman–Crippen MR) is 136 cm³/mol. The first-order chi connectivity index (χ1) is 18.3. The Labute approximate surface area is 218 Å². The number of nitrogens with one attached hydrogen (secondary N) is 2. The molecule has 0 atom stereocenters. The van der Waals surface area contributed by atoms with Gasteiger partial charge in [-0.1, -0.05) is 18.2 Å². The van der Waals surface area contributed by atoms with Crippen LogP contribution in [-0.4, -0.2) is 40.6 Å². The Kier molecular flexibility index (Phi) is 6.13. The number of hydrogen-bond acceptors (Lipinski definition) is 6. The van der Waals surface area contributed by atoms with Crippen molar-refractivity contribution in [3.63, 3.8) is 0 Å². The fraction of sp³-hybridized carbons (Fsp3) is 0.0800. The zero-order valence-electron chi connectivity index (χ0n) is 19.9. The van der Waals surface area contributed by atoms with Gasteiger partial charge in [0.25, 0.3) is 5.91 Å². The van der Waals surface area contributed by atoms with Gasteiger partial charge in [-0.15, -0.1) is 0 Å². The molecule has 2 aromatic heterocycles. The summed E-state index contributed by atoms with van der Waals surface area (Å²) in [5.41, 5.74) is 4.65. The smallest absolute Gasteiger partial charge is 0.382 e. The molecule has 4 N–H and O–H groups in total. The van der Waals surface area contributed by atoms with E-state index in [2.05, 4.69) is 20.6 Å². The van der Waals surface area contributed by atoms with Crippen molar-refractivity contribution in [2.45, 2.75) is 11.1 Å². The molecule has 0 saturated carbocycles. The van der Waals surface area contributed by atoms with Gasteiger partial charge in [0, 0.05) is 34.5 Å². The number of alkyl halides is 3. The Hall–Kier alpha value is -4.72. The third kappa shape index (κ3) is 4.93. The van der Waals surface area contributed by atoms with E-state index in [0.717, 1.165) is 17.0 Å². The molecule has 5 rings (SSSR count). The number of halogens is 4. The van der Waals surface area contributed by atoms with Crippen molar-refractivity contribution in [2.75, 3.05) is 17.3 Å². The van der Waals surface area contributed by atoms with Gasteiger partial charge in [0.05, 0.1) is 16.1 Å². The first-order valence-electron chi connectivity index (χ1n) is 11.1. The number of sulfone groups is 1. The van der Waals surface area contributed by atoms with Crippen molar-refractivity contribution < 1.29 is 30.8 Å². The van der Waals surface area contributed by atoms with E-state index in [1.807, 2.05) is 0 Å². The Morgan fingerprint density at radius 2 is 1.77 bits per heavy atom. The zero-order valence-corrected chi connectivity index (χ0v) is 20.7. The molecule has 200 valence electrons. The molecule has 0 aliphatic carbocycles. The second kappa shape index (κ2) is 9.23. The van der Waals surface area contributed by atoms with Crippen molar-refractivity contribution in [1.82, 2.24) is 20.0 Å². The number of benzene rings is 3. The molecule has 0 fully saturated rings. The van der Waals surface area contributed by atoms with E-state index in [1.165, 1.54) is 48.5 Å². The molecule has 0 unspecified atom stereocenters. The number of carbonyl (C=O) groups is 1. The highest BCUT2D eigenvalue weighted by atomic mass is 32.2. The molecular formula is C25H18F4N6O3S. The summed E-state index contributed by atoms with van der Waals surface area (Å²) in [6.45, 7) is 0. The van der Waals surface area contributed by atoms with E-state index >= 15 is 4.39 Å². The molecule has 5 aromatic rings. The molecule has 0 saturated heterocycles. The summed E-state index contributed by atoms with van der Waals surface area (Å²) in [7, 11) is -3.67. The van der Waals surface area contributed by atoms with Crippen molar-refractivity contribution >= 4 is 38.2 Å².